The third kappa shape index (κ3) is 5.45. The number of carbonyl (C=O) groups excluding carboxylic acids is 3. The first kappa shape index (κ1) is 25.8. The smallest absolute Gasteiger partial charge is 0.352 e. The summed E-state index contributed by atoms with van der Waals surface area (Å²) in [4.78, 5) is 59.3. The molecule has 2 aliphatic rings. The van der Waals surface area contributed by atoms with Crippen LogP contribution in [0.25, 0.3) is 0 Å². The number of ether oxygens (including phenoxy) is 1. The Labute approximate surface area is 207 Å². The first-order chi connectivity index (χ1) is 15.8. The van der Waals surface area contributed by atoms with Crippen molar-refractivity contribution in [3.63, 3.8) is 0 Å². The minimum atomic E-state index is -1.22. The van der Waals surface area contributed by atoms with Crippen LogP contribution in [0.3, 0.4) is 0 Å². The molecule has 2 aliphatic heterocycles. The van der Waals surface area contributed by atoms with E-state index in [0.717, 1.165) is 16.2 Å². The van der Waals surface area contributed by atoms with Crippen LogP contribution < -0.4 is 11.1 Å². The molecule has 0 radical (unpaired) electrons. The lowest BCUT2D eigenvalue weighted by atomic mass is 10.0. The Balaban J connectivity index is 1.78. The lowest BCUT2D eigenvalue weighted by Crippen LogP contribution is -2.71. The van der Waals surface area contributed by atoms with Crippen molar-refractivity contribution in [3.05, 3.63) is 21.3 Å². The third-order valence-corrected chi connectivity index (χ3v) is 6.96. The van der Waals surface area contributed by atoms with Crippen LogP contribution in [0.15, 0.2) is 16.4 Å². The van der Waals surface area contributed by atoms with Crippen LogP contribution in [-0.4, -0.2) is 73.8 Å². The zero-order valence-corrected chi connectivity index (χ0v) is 21.0. The SMILES string of the molecule is CC1=C(C(=O)O)N2C(=O)C(NC(=O)/C(=N\OCC(=O)OC(C)(C)C)c3nc(N)sc3Cl)[C@H]2SC1. The average molecular weight is 532 g/mol. The molecular formula is C19H22ClN5O7S2. The van der Waals surface area contributed by atoms with Crippen molar-refractivity contribution in [3.8, 4) is 0 Å². The van der Waals surface area contributed by atoms with E-state index in [-0.39, 0.29) is 20.9 Å². The first-order valence-electron chi connectivity index (χ1n) is 9.82. The van der Waals surface area contributed by atoms with Gasteiger partial charge in [0, 0.05) is 5.75 Å². The van der Waals surface area contributed by atoms with E-state index >= 15 is 0 Å². The van der Waals surface area contributed by atoms with Gasteiger partial charge >= 0.3 is 11.9 Å². The Bertz CT molecular complexity index is 1110. The zero-order chi connectivity index (χ0) is 25.4. The van der Waals surface area contributed by atoms with Crippen LogP contribution in [0.2, 0.25) is 4.34 Å². The average Bonchev–Trinajstić information content (AvgIpc) is 3.05. The number of oxime groups is 1. The fraction of sp³-hybridized carbons (Fsp3) is 0.474. The number of β-lactam (4-membered cyclic amide) rings is 1. The summed E-state index contributed by atoms with van der Waals surface area (Å²) in [6.45, 7) is 6.08. The summed E-state index contributed by atoms with van der Waals surface area (Å²) >= 11 is 8.34. The van der Waals surface area contributed by atoms with E-state index in [1.807, 2.05) is 0 Å². The predicted octanol–water partition coefficient (Wildman–Crippen LogP) is 1.20. The molecule has 0 aliphatic carbocycles. The van der Waals surface area contributed by atoms with Crippen LogP contribution in [0.4, 0.5) is 5.13 Å². The molecule has 1 fully saturated rings. The number of amides is 2. The maximum atomic E-state index is 13.0. The molecule has 4 N–H and O–H groups in total. The van der Waals surface area contributed by atoms with Crippen LogP contribution in [0.1, 0.15) is 33.4 Å². The van der Waals surface area contributed by atoms with Crippen LogP contribution in [-0.2, 0) is 28.8 Å². The molecule has 3 heterocycles. The third-order valence-electron chi connectivity index (χ3n) is 4.45. The molecule has 0 bridgehead atoms. The molecule has 0 spiro atoms. The lowest BCUT2D eigenvalue weighted by molar-refractivity contribution is -0.160. The number of aromatic nitrogens is 1. The molecule has 2 atom stereocenters. The topological polar surface area (TPSA) is 174 Å². The quantitative estimate of drug-likeness (QED) is 0.201. The van der Waals surface area contributed by atoms with Gasteiger partial charge in [-0.25, -0.2) is 14.6 Å². The molecule has 1 aromatic rings. The van der Waals surface area contributed by atoms with Crippen LogP contribution in [0.5, 0.6) is 0 Å². The second kappa shape index (κ2) is 9.80. The number of hydrogen-bond acceptors (Lipinski definition) is 11. The van der Waals surface area contributed by atoms with Gasteiger partial charge in [0.05, 0.1) is 0 Å². The predicted molar refractivity (Wildman–Crippen MR) is 125 cm³/mol. The number of halogens is 1. The molecular weight excluding hydrogens is 510 g/mol. The molecule has 1 aromatic heterocycles. The van der Waals surface area contributed by atoms with E-state index in [1.165, 1.54) is 11.8 Å². The normalized spacial score (nSPS) is 20.4. The number of carbonyl (C=O) groups is 4. The van der Waals surface area contributed by atoms with Gasteiger partial charge in [-0.05, 0) is 33.3 Å². The number of rotatable bonds is 7. The second-order valence-electron chi connectivity index (χ2n) is 8.27. The number of nitrogens with two attached hydrogens (primary N) is 1. The van der Waals surface area contributed by atoms with Crippen molar-refractivity contribution < 1.29 is 33.9 Å². The summed E-state index contributed by atoms with van der Waals surface area (Å²) in [6, 6.07) is -1.01. The van der Waals surface area contributed by atoms with Gasteiger partial charge in [0.15, 0.2) is 10.8 Å². The van der Waals surface area contributed by atoms with Crippen molar-refractivity contribution in [1.29, 1.82) is 0 Å². The number of fused-ring (bicyclic) bond motifs is 1. The minimum absolute atomic E-state index is 0.0487. The van der Waals surface area contributed by atoms with E-state index in [4.69, 9.17) is 26.9 Å². The molecule has 1 saturated heterocycles. The number of nitrogen functional groups attached to an aromatic ring is 1. The van der Waals surface area contributed by atoms with Gasteiger partial charge in [-0.3, -0.25) is 14.5 Å². The zero-order valence-electron chi connectivity index (χ0n) is 18.6. The fourth-order valence-electron chi connectivity index (χ4n) is 3.16. The highest BCUT2D eigenvalue weighted by atomic mass is 35.5. The Morgan fingerprint density at radius 3 is 2.62 bits per heavy atom. The lowest BCUT2D eigenvalue weighted by Gasteiger charge is -2.49. The largest absolute Gasteiger partial charge is 0.477 e. The molecule has 0 aromatic carbocycles. The highest BCUT2D eigenvalue weighted by Gasteiger charge is 2.54. The summed E-state index contributed by atoms with van der Waals surface area (Å²) < 4.78 is 5.17. The number of nitrogens with zero attached hydrogens (tertiary/aromatic N) is 3. The number of esters is 1. The Kier molecular flexibility index (Phi) is 7.43. The van der Waals surface area contributed by atoms with Crippen molar-refractivity contribution >= 4 is 69.3 Å². The van der Waals surface area contributed by atoms with Crippen LogP contribution in [0, 0.1) is 0 Å². The monoisotopic (exact) mass is 531 g/mol. The number of aliphatic carboxylic acids is 1. The first-order valence-corrected chi connectivity index (χ1v) is 12.1. The van der Waals surface area contributed by atoms with Crippen LogP contribution >= 0.6 is 34.7 Å². The van der Waals surface area contributed by atoms with Gasteiger partial charge < -0.3 is 25.7 Å². The highest BCUT2D eigenvalue weighted by Crippen LogP contribution is 2.40. The van der Waals surface area contributed by atoms with Gasteiger partial charge in [0.2, 0.25) is 6.61 Å². The van der Waals surface area contributed by atoms with Gasteiger partial charge in [0.25, 0.3) is 11.8 Å². The van der Waals surface area contributed by atoms with Crippen molar-refractivity contribution in [2.45, 2.75) is 44.7 Å². The number of thiazole rings is 1. The Morgan fingerprint density at radius 2 is 2.06 bits per heavy atom. The second-order valence-corrected chi connectivity index (χ2v) is 11.0. The molecule has 2 amide bonds. The van der Waals surface area contributed by atoms with E-state index in [2.05, 4.69) is 15.5 Å². The number of anilines is 1. The standard InChI is InChI=1S/C19H22ClN5O7S2/c1-7-6-33-16-11(15(28)25(16)12(7)17(29)30)22-14(27)10(9-13(20)34-18(21)23-9)24-31-5-8(26)32-19(2,3)4/h11,16H,5-6H2,1-4H3,(H2,21,23)(H,22,27)(H,29,30)/b24-10-/t11?,16-/m1/s1. The summed E-state index contributed by atoms with van der Waals surface area (Å²) in [6.07, 6.45) is 0. The molecule has 1 unspecified atom stereocenters. The molecule has 34 heavy (non-hydrogen) atoms. The molecule has 3 rings (SSSR count). The minimum Gasteiger partial charge on any atom is -0.477 e. The number of nitrogens with one attached hydrogen (secondary N) is 1. The summed E-state index contributed by atoms with van der Waals surface area (Å²) in [5.41, 5.74) is 4.88. The van der Waals surface area contributed by atoms with Gasteiger partial charge in [-0.15, -0.1) is 11.8 Å². The number of carboxylic acids is 1. The maximum Gasteiger partial charge on any atom is 0.352 e. The van der Waals surface area contributed by atoms with E-state index in [1.54, 1.807) is 27.7 Å². The fourth-order valence-corrected chi connectivity index (χ4v) is 5.38. The van der Waals surface area contributed by atoms with E-state index in [0.29, 0.717) is 11.3 Å². The molecule has 184 valence electrons. The summed E-state index contributed by atoms with van der Waals surface area (Å²) in [5, 5.41) is 15.1. The Hall–Kier alpha value is -2.84. The van der Waals surface area contributed by atoms with E-state index in [9.17, 15) is 24.3 Å². The van der Waals surface area contributed by atoms with Crippen molar-refractivity contribution in [2.75, 3.05) is 18.1 Å². The van der Waals surface area contributed by atoms with Gasteiger partial charge in [0.1, 0.15) is 32.7 Å². The number of carboxylic acid groups (broad SMARTS) is 1. The van der Waals surface area contributed by atoms with Crippen molar-refractivity contribution in [1.82, 2.24) is 15.2 Å². The molecule has 12 nitrogen and oxygen atoms in total. The Morgan fingerprint density at radius 1 is 1.38 bits per heavy atom. The highest BCUT2D eigenvalue weighted by molar-refractivity contribution is 8.00. The van der Waals surface area contributed by atoms with Gasteiger partial charge in [-0.1, -0.05) is 28.1 Å². The molecule has 15 heteroatoms. The number of thioether (sulfide) groups is 1. The van der Waals surface area contributed by atoms with Crippen molar-refractivity contribution in [2.24, 2.45) is 5.16 Å². The molecule has 0 saturated carbocycles. The number of hydrogen-bond donors (Lipinski definition) is 3. The van der Waals surface area contributed by atoms with E-state index < -0.39 is 53.1 Å². The van der Waals surface area contributed by atoms with Gasteiger partial charge in [-0.2, -0.15) is 0 Å². The summed E-state index contributed by atoms with van der Waals surface area (Å²) in [7, 11) is 0. The maximum absolute atomic E-state index is 13.0. The summed E-state index contributed by atoms with van der Waals surface area (Å²) in [5.74, 6) is -3.00.